The Morgan fingerprint density at radius 3 is 2.65 bits per heavy atom. The highest BCUT2D eigenvalue weighted by Gasteiger charge is 2.09. The molecule has 0 aliphatic carbocycles. The molecule has 0 fully saturated rings. The Hall–Kier alpha value is -3.37. The molecule has 0 N–H and O–H groups in total. The summed E-state index contributed by atoms with van der Waals surface area (Å²) in [6, 6.07) is 13.7. The van der Waals surface area contributed by atoms with Gasteiger partial charge in [0.15, 0.2) is 0 Å². The van der Waals surface area contributed by atoms with Gasteiger partial charge >= 0.3 is 0 Å². The maximum absolute atomic E-state index is 8.35. The topological polar surface area (TPSA) is 79.5 Å². The number of nitrogens with zero attached hydrogens (tertiary/aromatic N) is 6. The molecule has 112 valence electrons. The Morgan fingerprint density at radius 1 is 1.13 bits per heavy atom. The number of hydrogen-bond acceptors (Lipinski definition) is 3. The van der Waals surface area contributed by atoms with Gasteiger partial charge in [0, 0.05) is 41.2 Å². The zero-order valence-corrected chi connectivity index (χ0v) is 12.3. The van der Waals surface area contributed by atoms with E-state index in [9.17, 15) is 0 Å². The average molecular weight is 302 g/mol. The van der Waals surface area contributed by atoms with E-state index in [4.69, 9.17) is 5.53 Å². The number of rotatable bonds is 5. The van der Waals surface area contributed by atoms with Gasteiger partial charge in [-0.15, -0.1) is 0 Å². The molecule has 0 spiro atoms. The molecule has 6 nitrogen and oxygen atoms in total. The second kappa shape index (κ2) is 7.06. The largest absolute Gasteiger partial charge is 0.265 e. The van der Waals surface area contributed by atoms with E-state index < -0.39 is 0 Å². The van der Waals surface area contributed by atoms with Gasteiger partial charge in [0.2, 0.25) is 0 Å². The summed E-state index contributed by atoms with van der Waals surface area (Å²) >= 11 is 0. The molecule has 0 unspecified atom stereocenters. The molecule has 23 heavy (non-hydrogen) atoms. The molecule has 1 aromatic carbocycles. The van der Waals surface area contributed by atoms with Crippen molar-refractivity contribution in [3.63, 3.8) is 0 Å². The molecule has 2 heterocycles. The fraction of sp³-hybridized carbons (Fsp3) is 0.0588. The number of azide groups is 1. The predicted molar refractivity (Wildman–Crippen MR) is 89.8 cm³/mol. The summed E-state index contributed by atoms with van der Waals surface area (Å²) in [5.74, 6) is 0. The van der Waals surface area contributed by atoms with E-state index in [2.05, 4.69) is 20.1 Å². The minimum absolute atomic E-state index is 0.308. The first-order chi connectivity index (χ1) is 11.4. The molecule has 0 atom stereocenters. The summed E-state index contributed by atoms with van der Waals surface area (Å²) in [7, 11) is 0. The van der Waals surface area contributed by atoms with Crippen LogP contribution in [0, 0.1) is 0 Å². The molecule has 0 bridgehead atoms. The maximum atomic E-state index is 8.35. The van der Waals surface area contributed by atoms with Gasteiger partial charge < -0.3 is 0 Å². The lowest BCUT2D eigenvalue weighted by atomic mass is 10.1. The molecule has 2 aromatic heterocycles. The maximum Gasteiger partial charge on any atom is 0.100 e. The lowest BCUT2D eigenvalue weighted by Gasteiger charge is -2.00. The van der Waals surface area contributed by atoms with Crippen LogP contribution in [-0.2, 0) is 0 Å². The smallest absolute Gasteiger partial charge is 0.100 e. The van der Waals surface area contributed by atoms with Gasteiger partial charge in [-0.2, -0.15) is 5.10 Å². The van der Waals surface area contributed by atoms with Crippen molar-refractivity contribution in [2.45, 2.75) is 0 Å². The highest BCUT2D eigenvalue weighted by atomic mass is 15.3. The van der Waals surface area contributed by atoms with Crippen molar-refractivity contribution in [3.05, 3.63) is 83.1 Å². The zero-order valence-electron chi connectivity index (χ0n) is 12.3. The molecular weight excluding hydrogens is 288 g/mol. The van der Waals surface area contributed by atoms with Crippen molar-refractivity contribution in [2.75, 3.05) is 6.54 Å². The van der Waals surface area contributed by atoms with Gasteiger partial charge in [0.1, 0.15) is 5.69 Å². The lowest BCUT2D eigenvalue weighted by molar-refractivity contribution is 0.884. The molecule has 0 saturated heterocycles. The predicted octanol–water partition coefficient (Wildman–Crippen LogP) is 4.26. The highest BCUT2D eigenvalue weighted by Crippen LogP contribution is 2.24. The quantitative estimate of drug-likeness (QED) is 0.401. The molecule has 0 radical (unpaired) electrons. The van der Waals surface area contributed by atoms with E-state index in [-0.39, 0.29) is 0 Å². The van der Waals surface area contributed by atoms with Gasteiger partial charge in [-0.05, 0) is 29.8 Å². The second-order valence-corrected chi connectivity index (χ2v) is 4.76. The van der Waals surface area contributed by atoms with Crippen LogP contribution in [0.15, 0.2) is 72.2 Å². The van der Waals surface area contributed by atoms with Crippen LogP contribution in [0.4, 0.5) is 0 Å². The first-order valence-electron chi connectivity index (χ1n) is 7.11. The molecule has 0 amide bonds. The normalized spacial score (nSPS) is 10.6. The van der Waals surface area contributed by atoms with Crippen LogP contribution in [0.25, 0.3) is 33.5 Å². The standard InChI is InChI=1S/C17H14N6/c18-22-20-10-4-5-15-13-23(16-6-2-1-3-7-16)21-17(15)14-8-11-19-12-9-14/h1-9,11-13H,10H2. The van der Waals surface area contributed by atoms with Gasteiger partial charge in [-0.25, -0.2) is 4.68 Å². The van der Waals surface area contributed by atoms with E-state index in [0.29, 0.717) is 6.54 Å². The van der Waals surface area contributed by atoms with E-state index in [0.717, 1.165) is 22.5 Å². The Bertz CT molecular complexity index is 845. The Kier molecular flexibility index (Phi) is 4.47. The lowest BCUT2D eigenvalue weighted by Crippen LogP contribution is -1.93. The Labute approximate surface area is 133 Å². The SMILES string of the molecule is [N-]=[N+]=NCC=Cc1cn(-c2ccccc2)nc1-c1ccncc1. The monoisotopic (exact) mass is 302 g/mol. The number of para-hydroxylation sites is 1. The number of benzene rings is 1. The second-order valence-electron chi connectivity index (χ2n) is 4.76. The number of aromatic nitrogens is 3. The van der Waals surface area contributed by atoms with Crippen molar-refractivity contribution in [1.29, 1.82) is 0 Å². The minimum atomic E-state index is 0.308. The van der Waals surface area contributed by atoms with E-state index in [1.807, 2.05) is 65.5 Å². The van der Waals surface area contributed by atoms with E-state index in [1.165, 1.54) is 0 Å². The zero-order chi connectivity index (χ0) is 15.9. The third-order valence-electron chi connectivity index (χ3n) is 3.26. The summed E-state index contributed by atoms with van der Waals surface area (Å²) in [6.45, 7) is 0.308. The molecular formula is C17H14N6. The summed E-state index contributed by atoms with van der Waals surface area (Å²) in [6.07, 6.45) is 9.17. The minimum Gasteiger partial charge on any atom is -0.265 e. The Balaban J connectivity index is 2.03. The first-order valence-corrected chi connectivity index (χ1v) is 7.11. The average Bonchev–Trinajstić information content (AvgIpc) is 3.04. The highest BCUT2D eigenvalue weighted by molar-refractivity contribution is 5.71. The van der Waals surface area contributed by atoms with E-state index in [1.54, 1.807) is 12.4 Å². The Morgan fingerprint density at radius 2 is 1.91 bits per heavy atom. The van der Waals surface area contributed by atoms with Crippen LogP contribution in [0.2, 0.25) is 0 Å². The summed E-state index contributed by atoms with van der Waals surface area (Å²) in [4.78, 5) is 6.79. The molecule has 0 aliphatic heterocycles. The van der Waals surface area contributed by atoms with Crippen molar-refractivity contribution in [1.82, 2.24) is 14.8 Å². The van der Waals surface area contributed by atoms with Crippen molar-refractivity contribution >= 4 is 6.08 Å². The molecule has 3 aromatic rings. The fourth-order valence-corrected chi connectivity index (χ4v) is 2.22. The number of hydrogen-bond donors (Lipinski definition) is 0. The molecule has 6 heteroatoms. The van der Waals surface area contributed by atoms with Gasteiger partial charge in [-0.3, -0.25) is 4.98 Å². The van der Waals surface area contributed by atoms with Crippen molar-refractivity contribution < 1.29 is 0 Å². The van der Waals surface area contributed by atoms with Gasteiger partial charge in [0.25, 0.3) is 0 Å². The van der Waals surface area contributed by atoms with Crippen LogP contribution in [0.1, 0.15) is 5.56 Å². The molecule has 0 saturated carbocycles. The van der Waals surface area contributed by atoms with Gasteiger partial charge in [0.05, 0.1) is 5.69 Å². The van der Waals surface area contributed by atoms with Crippen molar-refractivity contribution in [3.8, 4) is 16.9 Å². The van der Waals surface area contributed by atoms with Crippen LogP contribution < -0.4 is 0 Å². The summed E-state index contributed by atoms with van der Waals surface area (Å²) in [5, 5.41) is 8.19. The summed E-state index contributed by atoms with van der Waals surface area (Å²) in [5.41, 5.74) is 12.1. The van der Waals surface area contributed by atoms with Crippen molar-refractivity contribution in [2.24, 2.45) is 5.11 Å². The first kappa shape index (κ1) is 14.6. The fourth-order valence-electron chi connectivity index (χ4n) is 2.22. The number of pyridine rings is 1. The van der Waals surface area contributed by atoms with Crippen LogP contribution in [-0.4, -0.2) is 21.3 Å². The molecule has 0 aliphatic rings. The third kappa shape index (κ3) is 3.45. The van der Waals surface area contributed by atoms with Crippen LogP contribution in [0.5, 0.6) is 0 Å². The molecule has 3 rings (SSSR count). The van der Waals surface area contributed by atoms with Gasteiger partial charge in [-0.1, -0.05) is 35.5 Å². The summed E-state index contributed by atoms with van der Waals surface area (Å²) < 4.78 is 1.84. The van der Waals surface area contributed by atoms with Crippen LogP contribution >= 0.6 is 0 Å². The van der Waals surface area contributed by atoms with Crippen LogP contribution in [0.3, 0.4) is 0 Å². The third-order valence-corrected chi connectivity index (χ3v) is 3.26. The van der Waals surface area contributed by atoms with E-state index >= 15 is 0 Å².